The molecule has 8 heteroatoms. The van der Waals surface area contributed by atoms with Crippen LogP contribution in [0.25, 0.3) is 0 Å². The topological polar surface area (TPSA) is 98.3 Å². The average Bonchev–Trinajstić information content (AvgIpc) is 2.83. The first-order valence-corrected chi connectivity index (χ1v) is 6.08. The molecular weight excluding hydrogens is 272 g/mol. The Morgan fingerprint density at radius 3 is 2.50 bits per heavy atom. The van der Waals surface area contributed by atoms with E-state index in [9.17, 15) is 23.7 Å². The lowest BCUT2D eigenvalue weighted by molar-refractivity contribution is -0.384. The molecule has 3 N–H and O–H groups in total. The molecule has 1 amide bonds. The van der Waals surface area contributed by atoms with Crippen molar-refractivity contribution in [1.29, 1.82) is 0 Å². The third-order valence-corrected chi connectivity index (χ3v) is 3.46. The molecule has 0 aliphatic heterocycles. The molecule has 108 valence electrons. The number of anilines is 1. The van der Waals surface area contributed by atoms with Gasteiger partial charge >= 0.3 is 0 Å². The molecule has 0 heterocycles. The normalized spacial score (nSPS) is 16.9. The molecule has 1 aliphatic rings. The van der Waals surface area contributed by atoms with Gasteiger partial charge in [-0.05, 0) is 18.9 Å². The smallest absolute Gasteiger partial charge is 0.296 e. The quantitative estimate of drug-likeness (QED) is 0.656. The molecule has 1 aromatic rings. The van der Waals surface area contributed by atoms with E-state index in [1.165, 1.54) is 0 Å². The standard InChI is InChI=1S/C12H13F2N3O3/c13-7-3-4-8(17(19)20)10(9(7)14)16-11(18)12(15)5-1-2-6-12/h3-4H,1-2,5-6,15H2,(H,16,18). The van der Waals surface area contributed by atoms with Crippen LogP contribution in [0.5, 0.6) is 0 Å². The number of hydrogen-bond donors (Lipinski definition) is 2. The molecule has 0 unspecified atom stereocenters. The molecule has 1 aliphatic carbocycles. The van der Waals surface area contributed by atoms with Gasteiger partial charge < -0.3 is 11.1 Å². The van der Waals surface area contributed by atoms with Crippen LogP contribution >= 0.6 is 0 Å². The van der Waals surface area contributed by atoms with Crippen LogP contribution < -0.4 is 11.1 Å². The highest BCUT2D eigenvalue weighted by Gasteiger charge is 2.38. The van der Waals surface area contributed by atoms with Gasteiger partial charge in [-0.15, -0.1) is 0 Å². The number of carbonyl (C=O) groups is 1. The van der Waals surface area contributed by atoms with Gasteiger partial charge in [-0.25, -0.2) is 8.78 Å². The van der Waals surface area contributed by atoms with Gasteiger partial charge in [0.2, 0.25) is 5.91 Å². The van der Waals surface area contributed by atoms with Crippen molar-refractivity contribution in [2.24, 2.45) is 5.73 Å². The van der Waals surface area contributed by atoms with E-state index >= 15 is 0 Å². The fraction of sp³-hybridized carbons (Fsp3) is 0.417. The van der Waals surface area contributed by atoms with Crippen LogP contribution in [0.15, 0.2) is 12.1 Å². The number of nitro groups is 1. The van der Waals surface area contributed by atoms with E-state index < -0.39 is 39.4 Å². The van der Waals surface area contributed by atoms with E-state index in [-0.39, 0.29) is 0 Å². The van der Waals surface area contributed by atoms with E-state index in [1.54, 1.807) is 0 Å². The summed E-state index contributed by atoms with van der Waals surface area (Å²) in [7, 11) is 0. The molecule has 1 fully saturated rings. The highest BCUT2D eigenvalue weighted by atomic mass is 19.2. The summed E-state index contributed by atoms with van der Waals surface area (Å²) in [6.45, 7) is 0. The Morgan fingerprint density at radius 1 is 1.35 bits per heavy atom. The van der Waals surface area contributed by atoms with E-state index in [4.69, 9.17) is 5.73 Å². The third-order valence-electron chi connectivity index (χ3n) is 3.46. The van der Waals surface area contributed by atoms with Gasteiger partial charge in [0, 0.05) is 6.07 Å². The number of rotatable bonds is 3. The van der Waals surface area contributed by atoms with Crippen LogP contribution in [0.2, 0.25) is 0 Å². The lowest BCUT2D eigenvalue weighted by Gasteiger charge is -2.22. The zero-order valence-corrected chi connectivity index (χ0v) is 10.5. The molecule has 1 saturated carbocycles. The summed E-state index contributed by atoms with van der Waals surface area (Å²) in [6, 6.07) is 1.43. The van der Waals surface area contributed by atoms with Gasteiger partial charge in [0.1, 0.15) is 0 Å². The monoisotopic (exact) mass is 285 g/mol. The van der Waals surface area contributed by atoms with Crippen LogP contribution in [-0.4, -0.2) is 16.4 Å². The Labute approximate surface area is 113 Å². The lowest BCUT2D eigenvalue weighted by Crippen LogP contribution is -2.48. The molecule has 6 nitrogen and oxygen atoms in total. The first kappa shape index (κ1) is 14.3. The van der Waals surface area contributed by atoms with E-state index in [0.29, 0.717) is 18.9 Å². The van der Waals surface area contributed by atoms with Gasteiger partial charge in [0.25, 0.3) is 5.69 Å². The summed E-state index contributed by atoms with van der Waals surface area (Å²) >= 11 is 0. The van der Waals surface area contributed by atoms with Crippen molar-refractivity contribution in [3.8, 4) is 0 Å². The van der Waals surface area contributed by atoms with Crippen molar-refractivity contribution >= 4 is 17.3 Å². The largest absolute Gasteiger partial charge is 0.317 e. The van der Waals surface area contributed by atoms with E-state index in [1.807, 2.05) is 0 Å². The zero-order chi connectivity index (χ0) is 14.9. The number of nitro benzene ring substituents is 1. The third kappa shape index (κ3) is 2.46. The van der Waals surface area contributed by atoms with Crippen molar-refractivity contribution in [3.05, 3.63) is 33.9 Å². The van der Waals surface area contributed by atoms with Gasteiger partial charge in [-0.2, -0.15) is 0 Å². The van der Waals surface area contributed by atoms with Crippen molar-refractivity contribution in [1.82, 2.24) is 0 Å². The first-order chi connectivity index (χ1) is 9.35. The second-order valence-corrected chi connectivity index (χ2v) is 4.83. The Hall–Kier alpha value is -2.09. The summed E-state index contributed by atoms with van der Waals surface area (Å²) in [5.74, 6) is -3.47. The second-order valence-electron chi connectivity index (χ2n) is 4.83. The molecular formula is C12H13F2N3O3. The maximum atomic E-state index is 13.7. The number of nitrogens with two attached hydrogens (primary N) is 1. The predicted octanol–water partition coefficient (Wildman–Crippen LogP) is 2.08. The van der Waals surface area contributed by atoms with Crippen LogP contribution in [0.3, 0.4) is 0 Å². The molecule has 0 atom stereocenters. The Morgan fingerprint density at radius 2 is 1.95 bits per heavy atom. The van der Waals surface area contributed by atoms with Gasteiger partial charge in [-0.1, -0.05) is 12.8 Å². The molecule has 0 radical (unpaired) electrons. The van der Waals surface area contributed by atoms with Crippen LogP contribution in [0.4, 0.5) is 20.2 Å². The van der Waals surface area contributed by atoms with Gasteiger partial charge in [0.05, 0.1) is 10.5 Å². The number of hydrogen-bond acceptors (Lipinski definition) is 4. The number of benzene rings is 1. The maximum absolute atomic E-state index is 13.7. The van der Waals surface area contributed by atoms with Crippen molar-refractivity contribution in [2.45, 2.75) is 31.2 Å². The van der Waals surface area contributed by atoms with Crippen LogP contribution in [0.1, 0.15) is 25.7 Å². The summed E-state index contributed by atoms with van der Waals surface area (Å²) in [4.78, 5) is 21.9. The first-order valence-electron chi connectivity index (χ1n) is 6.08. The Balaban J connectivity index is 2.35. The zero-order valence-electron chi connectivity index (χ0n) is 10.5. The minimum absolute atomic E-state index is 0.406. The SMILES string of the molecule is NC1(C(=O)Nc2c([N+](=O)[O-])ccc(F)c2F)CCCC1. The minimum atomic E-state index is -1.46. The number of nitrogens with zero attached hydrogens (tertiary/aromatic N) is 1. The highest BCUT2D eigenvalue weighted by molar-refractivity contribution is 5.99. The fourth-order valence-electron chi connectivity index (χ4n) is 2.28. The molecule has 0 spiro atoms. The molecule has 1 aromatic carbocycles. The van der Waals surface area contributed by atoms with Gasteiger partial charge in [0.15, 0.2) is 17.3 Å². The minimum Gasteiger partial charge on any atom is -0.317 e. The molecule has 20 heavy (non-hydrogen) atoms. The summed E-state index contributed by atoms with van der Waals surface area (Å²) in [5.41, 5.74) is 3.19. The fourth-order valence-corrected chi connectivity index (χ4v) is 2.28. The Kier molecular flexibility index (Phi) is 3.67. The lowest BCUT2D eigenvalue weighted by atomic mass is 9.98. The van der Waals surface area contributed by atoms with Crippen molar-refractivity contribution in [3.63, 3.8) is 0 Å². The van der Waals surface area contributed by atoms with Crippen molar-refractivity contribution < 1.29 is 18.5 Å². The molecule has 2 rings (SSSR count). The number of carbonyl (C=O) groups excluding carboxylic acids is 1. The maximum Gasteiger partial charge on any atom is 0.296 e. The molecule has 0 bridgehead atoms. The van der Waals surface area contributed by atoms with E-state index in [0.717, 1.165) is 18.9 Å². The second kappa shape index (κ2) is 5.12. The van der Waals surface area contributed by atoms with Gasteiger partial charge in [-0.3, -0.25) is 14.9 Å². The summed E-state index contributed by atoms with van der Waals surface area (Å²) in [5, 5.41) is 12.9. The molecule has 0 aromatic heterocycles. The highest BCUT2D eigenvalue weighted by Crippen LogP contribution is 2.32. The molecule has 0 saturated heterocycles. The Bertz CT molecular complexity index is 571. The van der Waals surface area contributed by atoms with E-state index in [2.05, 4.69) is 5.32 Å². The van der Waals surface area contributed by atoms with Crippen molar-refractivity contribution in [2.75, 3.05) is 5.32 Å². The number of halogens is 2. The number of amides is 1. The summed E-state index contributed by atoms with van der Waals surface area (Å²) < 4.78 is 26.8. The number of nitrogens with one attached hydrogen (secondary N) is 1. The average molecular weight is 285 g/mol. The van der Waals surface area contributed by atoms with Crippen LogP contribution in [-0.2, 0) is 4.79 Å². The predicted molar refractivity (Wildman–Crippen MR) is 67.0 cm³/mol. The van der Waals surface area contributed by atoms with Crippen LogP contribution in [0, 0.1) is 21.7 Å². The summed E-state index contributed by atoms with van der Waals surface area (Å²) in [6.07, 6.45) is 2.31.